The normalized spacial score (nSPS) is 14.4. The van der Waals surface area contributed by atoms with Crippen molar-refractivity contribution in [1.82, 2.24) is 4.98 Å². The van der Waals surface area contributed by atoms with E-state index < -0.39 is 20.4 Å². The van der Waals surface area contributed by atoms with Crippen molar-refractivity contribution in [1.29, 1.82) is 0 Å². The van der Waals surface area contributed by atoms with Gasteiger partial charge in [0.05, 0.1) is 12.1 Å². The minimum atomic E-state index is -4.49. The van der Waals surface area contributed by atoms with Gasteiger partial charge in [-0.15, -0.1) is 0 Å². The number of aromatic nitrogens is 1. The van der Waals surface area contributed by atoms with Crippen molar-refractivity contribution in [3.05, 3.63) is 35.5 Å². The minimum Gasteiger partial charge on any atom is -0.392 e. The zero-order chi connectivity index (χ0) is 17.3. The Morgan fingerprint density at radius 2 is 1.96 bits per heavy atom. The first-order valence-corrected chi connectivity index (χ1v) is 11.2. The summed E-state index contributed by atoms with van der Waals surface area (Å²) in [6.45, 7) is 6.03. The molecular weight excluding hydrogens is 323 g/mol. The average molecular weight is 345 g/mol. The molecule has 1 aromatic heterocycles. The molecule has 0 amide bonds. The summed E-state index contributed by atoms with van der Waals surface area (Å²) >= 11 is 0. The summed E-state index contributed by atoms with van der Waals surface area (Å²) in [7, 11) is -1.47. The number of nitrogens with one attached hydrogen (secondary N) is 1. The topological polar surface area (TPSA) is 45.2 Å². The van der Waals surface area contributed by atoms with Crippen LogP contribution in [-0.2, 0) is 11.3 Å². The Hall–Kier alpha value is -1.31. The fraction of sp³-hybridized carbons (Fsp3) is 0.500. The van der Waals surface area contributed by atoms with E-state index in [4.69, 9.17) is 4.74 Å². The molecule has 1 heterocycles. The standard InChI is InChI=1S/C16H22F3NO2Si/c1-23(2,3)7-6-22-15(16(17,18)19)12-8-11-4-5-20-14(11)13(9-12)10-21/h4-5,8-9,15,20-21H,6-7,10H2,1-3H3. The zero-order valence-electron chi connectivity index (χ0n) is 13.5. The molecule has 1 aromatic carbocycles. The van der Waals surface area contributed by atoms with Crippen LogP contribution < -0.4 is 0 Å². The quantitative estimate of drug-likeness (QED) is 0.751. The highest BCUT2D eigenvalue weighted by Gasteiger charge is 2.42. The lowest BCUT2D eigenvalue weighted by Gasteiger charge is -2.24. The number of aromatic amines is 1. The largest absolute Gasteiger partial charge is 0.418 e. The van der Waals surface area contributed by atoms with E-state index in [1.54, 1.807) is 12.3 Å². The molecule has 0 fully saturated rings. The lowest BCUT2D eigenvalue weighted by atomic mass is 10.0. The maximum atomic E-state index is 13.4. The molecule has 0 radical (unpaired) electrons. The van der Waals surface area contributed by atoms with E-state index in [1.807, 2.05) is 0 Å². The second-order valence-corrected chi connectivity index (χ2v) is 12.5. The molecule has 0 spiro atoms. The Morgan fingerprint density at radius 1 is 1.26 bits per heavy atom. The van der Waals surface area contributed by atoms with Crippen molar-refractivity contribution in [2.45, 2.75) is 44.6 Å². The Kier molecular flexibility index (Phi) is 5.22. The number of aliphatic hydroxyl groups is 1. The Balaban J connectivity index is 2.32. The van der Waals surface area contributed by atoms with Crippen LogP contribution in [0.25, 0.3) is 10.9 Å². The van der Waals surface area contributed by atoms with Crippen LogP contribution in [0.3, 0.4) is 0 Å². The molecule has 0 saturated carbocycles. The molecule has 2 N–H and O–H groups in total. The molecule has 0 aliphatic carbocycles. The number of aliphatic hydroxyl groups excluding tert-OH is 1. The summed E-state index contributed by atoms with van der Waals surface area (Å²) in [6, 6.07) is 5.19. The molecule has 0 bridgehead atoms. The molecule has 1 atom stereocenters. The van der Waals surface area contributed by atoms with Crippen molar-refractivity contribution in [3.8, 4) is 0 Å². The van der Waals surface area contributed by atoms with Crippen LogP contribution in [0.4, 0.5) is 13.2 Å². The molecule has 2 rings (SSSR count). The molecule has 0 aliphatic heterocycles. The number of rotatable bonds is 6. The van der Waals surface area contributed by atoms with E-state index in [-0.39, 0.29) is 18.8 Å². The third kappa shape index (κ3) is 4.59. The molecule has 3 nitrogen and oxygen atoms in total. The van der Waals surface area contributed by atoms with Gasteiger partial charge in [-0.1, -0.05) is 19.6 Å². The van der Waals surface area contributed by atoms with Crippen molar-refractivity contribution in [2.24, 2.45) is 0 Å². The summed E-state index contributed by atoms with van der Waals surface area (Å²) < 4.78 is 45.4. The minimum absolute atomic E-state index is 0.0317. The molecule has 2 aromatic rings. The van der Waals surface area contributed by atoms with E-state index in [0.29, 0.717) is 22.5 Å². The molecule has 0 saturated heterocycles. The van der Waals surface area contributed by atoms with Gasteiger partial charge >= 0.3 is 6.18 Å². The number of hydrogen-bond acceptors (Lipinski definition) is 2. The van der Waals surface area contributed by atoms with E-state index in [1.165, 1.54) is 12.1 Å². The zero-order valence-corrected chi connectivity index (χ0v) is 14.5. The third-order valence-corrected chi connectivity index (χ3v) is 5.37. The molecule has 7 heteroatoms. The maximum absolute atomic E-state index is 13.4. The van der Waals surface area contributed by atoms with Crippen LogP contribution in [0.5, 0.6) is 0 Å². The van der Waals surface area contributed by atoms with Gasteiger partial charge < -0.3 is 14.8 Å². The van der Waals surface area contributed by atoms with Crippen molar-refractivity contribution in [2.75, 3.05) is 6.61 Å². The second kappa shape index (κ2) is 6.66. The fourth-order valence-corrected chi connectivity index (χ4v) is 3.14. The van der Waals surface area contributed by atoms with Crippen LogP contribution in [-0.4, -0.2) is 30.9 Å². The van der Waals surface area contributed by atoms with E-state index >= 15 is 0 Å². The number of ether oxygens (including phenoxy) is 1. The molecule has 1 unspecified atom stereocenters. The highest BCUT2D eigenvalue weighted by atomic mass is 28.3. The van der Waals surface area contributed by atoms with E-state index in [2.05, 4.69) is 24.6 Å². The van der Waals surface area contributed by atoms with Crippen LogP contribution in [0, 0.1) is 0 Å². The van der Waals surface area contributed by atoms with Crippen molar-refractivity contribution in [3.63, 3.8) is 0 Å². The first kappa shape index (κ1) is 18.0. The number of fused-ring (bicyclic) bond motifs is 1. The SMILES string of the molecule is C[Si](C)(C)CCOC(c1cc(CO)c2[nH]ccc2c1)C(F)(F)F. The average Bonchev–Trinajstić information content (AvgIpc) is 2.88. The van der Waals surface area contributed by atoms with Gasteiger partial charge in [0, 0.05) is 31.8 Å². The van der Waals surface area contributed by atoms with Gasteiger partial charge in [-0.25, -0.2) is 0 Å². The second-order valence-electron chi connectivity index (χ2n) is 6.88. The van der Waals surface area contributed by atoms with Gasteiger partial charge in [-0.05, 0) is 29.8 Å². The van der Waals surface area contributed by atoms with Crippen LogP contribution in [0.15, 0.2) is 24.4 Å². The first-order valence-electron chi connectivity index (χ1n) is 7.51. The fourth-order valence-electron chi connectivity index (χ4n) is 2.41. The van der Waals surface area contributed by atoms with Crippen LogP contribution >= 0.6 is 0 Å². The van der Waals surface area contributed by atoms with Crippen LogP contribution in [0.2, 0.25) is 25.7 Å². The van der Waals surface area contributed by atoms with Gasteiger partial charge in [-0.3, -0.25) is 0 Å². The summed E-state index contributed by atoms with van der Waals surface area (Å²) in [5.74, 6) is 0. The lowest BCUT2D eigenvalue weighted by molar-refractivity contribution is -0.222. The predicted octanol–water partition coefficient (Wildman–Crippen LogP) is 4.62. The highest BCUT2D eigenvalue weighted by molar-refractivity contribution is 6.76. The number of hydrogen-bond donors (Lipinski definition) is 2. The summed E-state index contributed by atoms with van der Waals surface area (Å²) in [4.78, 5) is 2.93. The Labute approximate surface area is 134 Å². The Morgan fingerprint density at radius 3 is 2.52 bits per heavy atom. The van der Waals surface area contributed by atoms with Crippen molar-refractivity contribution < 1.29 is 23.0 Å². The smallest absolute Gasteiger partial charge is 0.392 e. The van der Waals surface area contributed by atoms with Crippen LogP contribution in [0.1, 0.15) is 17.2 Å². The van der Waals surface area contributed by atoms with Gasteiger partial charge in [0.25, 0.3) is 0 Å². The summed E-state index contributed by atoms with van der Waals surface area (Å²) in [5.41, 5.74) is 1.12. The maximum Gasteiger partial charge on any atom is 0.418 e. The lowest BCUT2D eigenvalue weighted by Crippen LogP contribution is -2.27. The monoisotopic (exact) mass is 345 g/mol. The highest BCUT2D eigenvalue weighted by Crippen LogP contribution is 2.38. The summed E-state index contributed by atoms with van der Waals surface area (Å²) in [6.07, 6.45) is -4.82. The predicted molar refractivity (Wildman–Crippen MR) is 87.1 cm³/mol. The summed E-state index contributed by atoms with van der Waals surface area (Å²) in [5, 5.41) is 10.0. The number of benzene rings is 1. The van der Waals surface area contributed by atoms with Gasteiger partial charge in [0.15, 0.2) is 6.10 Å². The van der Waals surface area contributed by atoms with Gasteiger partial charge in [-0.2, -0.15) is 13.2 Å². The molecule has 23 heavy (non-hydrogen) atoms. The van der Waals surface area contributed by atoms with Crippen molar-refractivity contribution >= 4 is 19.0 Å². The number of halogens is 3. The number of alkyl halides is 3. The van der Waals surface area contributed by atoms with E-state index in [0.717, 1.165) is 0 Å². The molecular formula is C16H22F3NO2Si. The molecule has 0 aliphatic rings. The third-order valence-electron chi connectivity index (χ3n) is 3.67. The Bertz CT molecular complexity index is 661. The van der Waals surface area contributed by atoms with E-state index in [9.17, 15) is 18.3 Å². The number of H-pyrrole nitrogens is 1. The van der Waals surface area contributed by atoms with Gasteiger partial charge in [0.1, 0.15) is 0 Å². The molecule has 128 valence electrons. The first-order chi connectivity index (χ1) is 10.6. The van der Waals surface area contributed by atoms with Gasteiger partial charge in [0.2, 0.25) is 0 Å².